The van der Waals surface area contributed by atoms with Gasteiger partial charge in [-0.3, -0.25) is 4.79 Å². The van der Waals surface area contributed by atoms with Crippen molar-refractivity contribution < 1.29 is 4.79 Å². The Labute approximate surface area is 119 Å². The van der Waals surface area contributed by atoms with Crippen LogP contribution in [0.15, 0.2) is 30.3 Å². The first-order valence-corrected chi connectivity index (χ1v) is 7.21. The summed E-state index contributed by atoms with van der Waals surface area (Å²) in [5.41, 5.74) is 0.850. The lowest BCUT2D eigenvalue weighted by molar-refractivity contribution is -0.121. The zero-order valence-corrected chi connectivity index (χ0v) is 12.2. The van der Waals surface area contributed by atoms with Crippen LogP contribution in [0.1, 0.15) is 30.7 Å². The Balaban J connectivity index is 1.91. The van der Waals surface area contributed by atoms with Crippen LogP contribution in [0.5, 0.6) is 0 Å². The van der Waals surface area contributed by atoms with E-state index in [-0.39, 0.29) is 11.9 Å². The molecule has 19 heavy (non-hydrogen) atoms. The molecule has 0 aliphatic carbocycles. The van der Waals surface area contributed by atoms with E-state index in [2.05, 4.69) is 24.2 Å². The minimum Gasteiger partial charge on any atom is -0.352 e. The van der Waals surface area contributed by atoms with Crippen molar-refractivity contribution in [3.8, 4) is 0 Å². The fraction of sp³-hybridized carbons (Fsp3) is 0.533. The normalized spacial score (nSPS) is 25.8. The van der Waals surface area contributed by atoms with Gasteiger partial charge in [0.2, 0.25) is 5.91 Å². The van der Waals surface area contributed by atoms with Gasteiger partial charge >= 0.3 is 0 Å². The summed E-state index contributed by atoms with van der Waals surface area (Å²) in [7, 11) is 2.12. The SMILES string of the molecule is CC1CC(NC(=O)C(Cl)c2ccccc2)CCN1C. The number of hydrogen-bond acceptors (Lipinski definition) is 2. The summed E-state index contributed by atoms with van der Waals surface area (Å²) < 4.78 is 0. The maximum absolute atomic E-state index is 12.1. The van der Waals surface area contributed by atoms with Crippen molar-refractivity contribution in [2.24, 2.45) is 0 Å². The number of benzene rings is 1. The molecule has 0 aromatic heterocycles. The standard InChI is InChI=1S/C15H21ClN2O/c1-11-10-13(8-9-18(11)2)17-15(19)14(16)12-6-4-3-5-7-12/h3-7,11,13-14H,8-10H2,1-2H3,(H,17,19). The van der Waals surface area contributed by atoms with E-state index in [4.69, 9.17) is 11.6 Å². The number of piperidine rings is 1. The van der Waals surface area contributed by atoms with Gasteiger partial charge in [-0.25, -0.2) is 0 Å². The van der Waals surface area contributed by atoms with E-state index in [0.29, 0.717) is 6.04 Å². The molecule has 3 unspecified atom stereocenters. The van der Waals surface area contributed by atoms with Crippen LogP contribution in [0.4, 0.5) is 0 Å². The summed E-state index contributed by atoms with van der Waals surface area (Å²) in [5, 5.41) is 2.47. The largest absolute Gasteiger partial charge is 0.352 e. The molecule has 3 atom stereocenters. The lowest BCUT2D eigenvalue weighted by Crippen LogP contribution is -2.47. The number of carbonyl (C=O) groups excluding carboxylic acids is 1. The van der Waals surface area contributed by atoms with Crippen molar-refractivity contribution in [1.29, 1.82) is 0 Å². The van der Waals surface area contributed by atoms with Crippen LogP contribution in [0, 0.1) is 0 Å². The summed E-state index contributed by atoms with van der Waals surface area (Å²) in [4.78, 5) is 14.5. The highest BCUT2D eigenvalue weighted by Crippen LogP contribution is 2.22. The first-order chi connectivity index (χ1) is 9.08. The second-order valence-electron chi connectivity index (χ2n) is 5.33. The van der Waals surface area contributed by atoms with Crippen LogP contribution >= 0.6 is 11.6 Å². The van der Waals surface area contributed by atoms with E-state index in [9.17, 15) is 4.79 Å². The molecule has 0 saturated carbocycles. The van der Waals surface area contributed by atoms with Gasteiger partial charge < -0.3 is 10.2 Å². The molecule has 1 heterocycles. The molecule has 1 fully saturated rings. The van der Waals surface area contributed by atoms with Gasteiger partial charge in [0, 0.05) is 18.6 Å². The molecule has 104 valence electrons. The Morgan fingerprint density at radius 2 is 2.11 bits per heavy atom. The maximum Gasteiger partial charge on any atom is 0.242 e. The third-order valence-corrected chi connectivity index (χ3v) is 4.33. The Bertz CT molecular complexity index is 423. The monoisotopic (exact) mass is 280 g/mol. The molecule has 0 radical (unpaired) electrons. The lowest BCUT2D eigenvalue weighted by Gasteiger charge is -2.35. The maximum atomic E-state index is 12.1. The van der Waals surface area contributed by atoms with E-state index in [1.165, 1.54) is 0 Å². The average Bonchev–Trinajstić information content (AvgIpc) is 2.43. The van der Waals surface area contributed by atoms with E-state index in [1.807, 2.05) is 30.3 Å². The Morgan fingerprint density at radius 1 is 1.42 bits per heavy atom. The molecule has 3 nitrogen and oxygen atoms in total. The van der Waals surface area contributed by atoms with E-state index >= 15 is 0 Å². The topological polar surface area (TPSA) is 32.3 Å². The number of likely N-dealkylation sites (tertiary alicyclic amines) is 1. The van der Waals surface area contributed by atoms with Gasteiger partial charge in [-0.15, -0.1) is 11.6 Å². The number of hydrogen-bond donors (Lipinski definition) is 1. The molecule has 1 aliphatic heterocycles. The van der Waals surface area contributed by atoms with E-state index in [1.54, 1.807) is 0 Å². The molecular weight excluding hydrogens is 260 g/mol. The van der Waals surface area contributed by atoms with Crippen molar-refractivity contribution in [2.75, 3.05) is 13.6 Å². The number of carbonyl (C=O) groups is 1. The third-order valence-electron chi connectivity index (χ3n) is 3.88. The van der Waals surface area contributed by atoms with Crippen molar-refractivity contribution in [1.82, 2.24) is 10.2 Å². The van der Waals surface area contributed by atoms with Crippen LogP contribution in [-0.2, 0) is 4.79 Å². The first kappa shape index (κ1) is 14.4. The summed E-state index contributed by atoms with van der Waals surface area (Å²) in [6, 6.07) is 10.2. The second-order valence-corrected chi connectivity index (χ2v) is 5.77. The highest BCUT2D eigenvalue weighted by molar-refractivity contribution is 6.30. The second kappa shape index (κ2) is 6.40. The zero-order chi connectivity index (χ0) is 13.8. The quantitative estimate of drug-likeness (QED) is 0.863. The molecule has 0 bridgehead atoms. The van der Waals surface area contributed by atoms with Crippen molar-refractivity contribution in [2.45, 2.75) is 37.2 Å². The summed E-state index contributed by atoms with van der Waals surface area (Å²) in [6.45, 7) is 3.21. The number of nitrogens with zero attached hydrogens (tertiary/aromatic N) is 1. The lowest BCUT2D eigenvalue weighted by atomic mass is 9.98. The Kier molecular flexibility index (Phi) is 4.83. The van der Waals surface area contributed by atoms with Gasteiger partial charge in [-0.2, -0.15) is 0 Å². The molecule has 1 aromatic carbocycles. The Hall–Kier alpha value is -1.06. The molecule has 0 spiro atoms. The summed E-state index contributed by atoms with van der Waals surface area (Å²) in [5.74, 6) is -0.0883. The minimum absolute atomic E-state index is 0.0883. The van der Waals surface area contributed by atoms with Crippen molar-refractivity contribution >= 4 is 17.5 Å². The van der Waals surface area contributed by atoms with Gasteiger partial charge in [0.25, 0.3) is 0 Å². The van der Waals surface area contributed by atoms with Crippen LogP contribution in [0.3, 0.4) is 0 Å². The van der Waals surface area contributed by atoms with Gasteiger partial charge in [-0.05, 0) is 32.4 Å². The number of alkyl halides is 1. The highest BCUT2D eigenvalue weighted by Gasteiger charge is 2.26. The summed E-state index contributed by atoms with van der Waals surface area (Å²) >= 11 is 6.22. The van der Waals surface area contributed by atoms with Gasteiger partial charge in [0.1, 0.15) is 5.38 Å². The zero-order valence-electron chi connectivity index (χ0n) is 11.5. The molecule has 1 aromatic rings. The van der Waals surface area contributed by atoms with Crippen LogP contribution in [0.25, 0.3) is 0 Å². The van der Waals surface area contributed by atoms with Gasteiger partial charge in [0.15, 0.2) is 0 Å². The average molecular weight is 281 g/mol. The number of rotatable bonds is 3. The fourth-order valence-electron chi connectivity index (χ4n) is 2.47. The van der Waals surface area contributed by atoms with Crippen molar-refractivity contribution in [3.05, 3.63) is 35.9 Å². The van der Waals surface area contributed by atoms with E-state index in [0.717, 1.165) is 24.9 Å². The predicted octanol–water partition coefficient (Wildman–Crippen LogP) is 2.57. The summed E-state index contributed by atoms with van der Waals surface area (Å²) in [6.07, 6.45) is 1.98. The molecule has 1 saturated heterocycles. The van der Waals surface area contributed by atoms with Gasteiger partial charge in [-0.1, -0.05) is 30.3 Å². The van der Waals surface area contributed by atoms with Crippen molar-refractivity contribution in [3.63, 3.8) is 0 Å². The Morgan fingerprint density at radius 3 is 2.74 bits per heavy atom. The highest BCUT2D eigenvalue weighted by atomic mass is 35.5. The first-order valence-electron chi connectivity index (χ1n) is 6.77. The minimum atomic E-state index is -0.601. The number of amides is 1. The molecule has 1 aliphatic rings. The van der Waals surface area contributed by atoms with E-state index < -0.39 is 5.38 Å². The molecule has 1 amide bonds. The van der Waals surface area contributed by atoms with Crippen LogP contribution in [0.2, 0.25) is 0 Å². The molecule has 1 N–H and O–H groups in total. The third kappa shape index (κ3) is 3.71. The predicted molar refractivity (Wildman–Crippen MR) is 78.3 cm³/mol. The number of nitrogens with one attached hydrogen (secondary N) is 1. The molecule has 4 heteroatoms. The molecule has 2 rings (SSSR count). The molecular formula is C15H21ClN2O. The number of halogens is 1. The van der Waals surface area contributed by atoms with Gasteiger partial charge in [0.05, 0.1) is 0 Å². The smallest absolute Gasteiger partial charge is 0.242 e. The fourth-order valence-corrected chi connectivity index (χ4v) is 2.68. The van der Waals surface area contributed by atoms with Crippen LogP contribution in [-0.4, -0.2) is 36.5 Å². The van der Waals surface area contributed by atoms with Crippen LogP contribution < -0.4 is 5.32 Å².